The number of nitrogens with one attached hydrogen (secondary N) is 1. The van der Waals surface area contributed by atoms with Crippen molar-refractivity contribution >= 4 is 5.91 Å². The Hall–Kier alpha value is -2.88. The van der Waals surface area contributed by atoms with Crippen molar-refractivity contribution in [2.75, 3.05) is 0 Å². The Labute approximate surface area is 129 Å². The largest absolute Gasteiger partial charge is 0.346 e. The molecule has 0 spiro atoms. The van der Waals surface area contributed by atoms with E-state index < -0.39 is 0 Å². The summed E-state index contributed by atoms with van der Waals surface area (Å²) in [4.78, 5) is 16.2. The molecular formula is C18H17N3O. The van der Waals surface area contributed by atoms with Gasteiger partial charge in [0.2, 0.25) is 0 Å². The van der Waals surface area contributed by atoms with Gasteiger partial charge in [-0.05, 0) is 36.8 Å². The van der Waals surface area contributed by atoms with E-state index in [1.165, 1.54) is 0 Å². The minimum atomic E-state index is -0.0632. The topological polar surface area (TPSA) is 46.9 Å². The zero-order valence-corrected chi connectivity index (χ0v) is 12.3. The maximum absolute atomic E-state index is 12.2. The van der Waals surface area contributed by atoms with E-state index in [4.69, 9.17) is 0 Å². The van der Waals surface area contributed by atoms with E-state index in [0.717, 1.165) is 11.3 Å². The van der Waals surface area contributed by atoms with Crippen LogP contribution in [-0.2, 0) is 0 Å². The lowest BCUT2D eigenvalue weighted by Crippen LogP contribution is -2.26. The monoisotopic (exact) mass is 291 g/mol. The molecular weight excluding hydrogens is 274 g/mol. The summed E-state index contributed by atoms with van der Waals surface area (Å²) in [5.41, 5.74) is 2.78. The van der Waals surface area contributed by atoms with Crippen LogP contribution >= 0.6 is 0 Å². The molecule has 4 heteroatoms. The molecule has 2 aromatic carbocycles. The summed E-state index contributed by atoms with van der Waals surface area (Å²) in [5.74, 6) is -0.0632. The van der Waals surface area contributed by atoms with Gasteiger partial charge in [-0.25, -0.2) is 4.98 Å². The molecule has 0 aliphatic rings. The van der Waals surface area contributed by atoms with Gasteiger partial charge in [0.1, 0.15) is 0 Å². The van der Waals surface area contributed by atoms with Gasteiger partial charge < -0.3 is 9.88 Å². The van der Waals surface area contributed by atoms with E-state index in [1.807, 2.05) is 72.3 Å². The molecule has 1 heterocycles. The van der Waals surface area contributed by atoms with Crippen LogP contribution in [0.2, 0.25) is 0 Å². The summed E-state index contributed by atoms with van der Waals surface area (Å²) in [6, 6.07) is 17.3. The number of carbonyl (C=O) groups is 1. The summed E-state index contributed by atoms with van der Waals surface area (Å²) >= 11 is 0. The third kappa shape index (κ3) is 3.06. The van der Waals surface area contributed by atoms with Crippen molar-refractivity contribution in [3.8, 4) is 5.69 Å². The molecule has 22 heavy (non-hydrogen) atoms. The van der Waals surface area contributed by atoms with Crippen molar-refractivity contribution in [2.45, 2.75) is 13.0 Å². The number of aromatic nitrogens is 2. The molecule has 110 valence electrons. The van der Waals surface area contributed by atoms with Crippen LogP contribution in [-0.4, -0.2) is 15.5 Å². The van der Waals surface area contributed by atoms with Crippen molar-refractivity contribution < 1.29 is 4.79 Å². The lowest BCUT2D eigenvalue weighted by molar-refractivity contribution is 0.0940. The van der Waals surface area contributed by atoms with Gasteiger partial charge in [0.25, 0.3) is 5.91 Å². The molecule has 1 aromatic heterocycles. The summed E-state index contributed by atoms with van der Waals surface area (Å²) in [6.45, 7) is 1.98. The lowest BCUT2D eigenvalue weighted by Gasteiger charge is -2.15. The first-order valence-electron chi connectivity index (χ1n) is 7.18. The van der Waals surface area contributed by atoms with Crippen molar-refractivity contribution in [1.29, 1.82) is 0 Å². The van der Waals surface area contributed by atoms with Crippen LogP contribution in [0.5, 0.6) is 0 Å². The van der Waals surface area contributed by atoms with Crippen LogP contribution < -0.4 is 5.32 Å². The second-order valence-corrected chi connectivity index (χ2v) is 5.12. The van der Waals surface area contributed by atoms with Crippen molar-refractivity contribution in [3.63, 3.8) is 0 Å². The normalized spacial score (nSPS) is 11.9. The predicted molar refractivity (Wildman–Crippen MR) is 85.9 cm³/mol. The Balaban J connectivity index is 1.70. The number of rotatable bonds is 4. The van der Waals surface area contributed by atoms with Crippen LogP contribution in [0.1, 0.15) is 28.9 Å². The number of carbonyl (C=O) groups excluding carboxylic acids is 1. The van der Waals surface area contributed by atoms with Gasteiger partial charge in [0, 0.05) is 23.6 Å². The fourth-order valence-electron chi connectivity index (χ4n) is 2.30. The fourth-order valence-corrected chi connectivity index (χ4v) is 2.30. The van der Waals surface area contributed by atoms with Gasteiger partial charge in [-0.15, -0.1) is 0 Å². The second kappa shape index (κ2) is 6.26. The van der Waals surface area contributed by atoms with Gasteiger partial charge in [0.05, 0.1) is 12.4 Å². The molecule has 0 saturated heterocycles. The molecule has 0 fully saturated rings. The highest BCUT2D eigenvalue weighted by Gasteiger charge is 2.11. The maximum Gasteiger partial charge on any atom is 0.251 e. The Kier molecular flexibility index (Phi) is 4.01. The SMILES string of the molecule is C[C@H](NC(=O)c1ccccc1)c1ccc(-n2ccnc2)cc1. The predicted octanol–water partition coefficient (Wildman–Crippen LogP) is 3.36. The molecule has 0 aliphatic heterocycles. The number of amides is 1. The molecule has 0 bridgehead atoms. The third-order valence-corrected chi connectivity index (χ3v) is 3.58. The third-order valence-electron chi connectivity index (χ3n) is 3.58. The zero-order valence-electron chi connectivity index (χ0n) is 12.3. The van der Waals surface area contributed by atoms with E-state index in [9.17, 15) is 4.79 Å². The summed E-state index contributed by atoms with van der Waals surface area (Å²) in [7, 11) is 0. The first kappa shape index (κ1) is 14.1. The maximum atomic E-state index is 12.2. The Morgan fingerprint density at radius 2 is 1.82 bits per heavy atom. The molecule has 3 aromatic rings. The fraction of sp³-hybridized carbons (Fsp3) is 0.111. The van der Waals surface area contributed by atoms with E-state index in [2.05, 4.69) is 10.3 Å². The summed E-state index contributed by atoms with van der Waals surface area (Å²) in [6.07, 6.45) is 5.40. The standard InChI is InChI=1S/C18H17N3O/c1-14(20-18(22)16-5-3-2-4-6-16)15-7-9-17(10-8-15)21-12-11-19-13-21/h2-14H,1H3,(H,20,22)/t14-/m0/s1. The Morgan fingerprint density at radius 1 is 1.09 bits per heavy atom. The van der Waals surface area contributed by atoms with E-state index in [-0.39, 0.29) is 11.9 Å². The number of imidazole rings is 1. The first-order chi connectivity index (χ1) is 10.7. The lowest BCUT2D eigenvalue weighted by atomic mass is 10.1. The Morgan fingerprint density at radius 3 is 2.45 bits per heavy atom. The molecule has 4 nitrogen and oxygen atoms in total. The van der Waals surface area contributed by atoms with Crippen molar-refractivity contribution in [3.05, 3.63) is 84.4 Å². The van der Waals surface area contributed by atoms with Gasteiger partial charge in [0.15, 0.2) is 0 Å². The average molecular weight is 291 g/mol. The quantitative estimate of drug-likeness (QED) is 0.801. The van der Waals surface area contributed by atoms with Crippen LogP contribution in [0.15, 0.2) is 73.3 Å². The highest BCUT2D eigenvalue weighted by Crippen LogP contribution is 2.16. The second-order valence-electron chi connectivity index (χ2n) is 5.12. The molecule has 0 unspecified atom stereocenters. The highest BCUT2D eigenvalue weighted by atomic mass is 16.1. The molecule has 1 N–H and O–H groups in total. The first-order valence-corrected chi connectivity index (χ1v) is 7.18. The molecule has 0 saturated carbocycles. The summed E-state index contributed by atoms with van der Waals surface area (Å²) in [5, 5.41) is 3.01. The zero-order chi connectivity index (χ0) is 15.4. The van der Waals surface area contributed by atoms with Crippen LogP contribution in [0.4, 0.5) is 0 Å². The molecule has 0 aliphatic carbocycles. The van der Waals surface area contributed by atoms with Gasteiger partial charge >= 0.3 is 0 Å². The van der Waals surface area contributed by atoms with Crippen LogP contribution in [0.25, 0.3) is 5.69 Å². The van der Waals surface area contributed by atoms with E-state index in [0.29, 0.717) is 5.56 Å². The smallest absolute Gasteiger partial charge is 0.251 e. The summed E-state index contributed by atoms with van der Waals surface area (Å²) < 4.78 is 1.94. The average Bonchev–Trinajstić information content (AvgIpc) is 3.10. The minimum absolute atomic E-state index is 0.0513. The number of nitrogens with zero attached hydrogens (tertiary/aromatic N) is 2. The number of benzene rings is 2. The van der Waals surface area contributed by atoms with Gasteiger partial charge in [-0.3, -0.25) is 4.79 Å². The molecule has 1 atom stereocenters. The minimum Gasteiger partial charge on any atom is -0.346 e. The van der Waals surface area contributed by atoms with Gasteiger partial charge in [-0.1, -0.05) is 30.3 Å². The van der Waals surface area contributed by atoms with Crippen LogP contribution in [0, 0.1) is 0 Å². The van der Waals surface area contributed by atoms with Gasteiger partial charge in [-0.2, -0.15) is 0 Å². The highest BCUT2D eigenvalue weighted by molar-refractivity contribution is 5.94. The van der Waals surface area contributed by atoms with Crippen molar-refractivity contribution in [1.82, 2.24) is 14.9 Å². The molecule has 1 amide bonds. The molecule has 3 rings (SSSR count). The number of hydrogen-bond donors (Lipinski definition) is 1. The van der Waals surface area contributed by atoms with Crippen molar-refractivity contribution in [2.24, 2.45) is 0 Å². The number of hydrogen-bond acceptors (Lipinski definition) is 2. The van der Waals surface area contributed by atoms with Crippen LogP contribution in [0.3, 0.4) is 0 Å². The molecule has 0 radical (unpaired) electrons. The van der Waals surface area contributed by atoms with E-state index >= 15 is 0 Å². The Bertz CT molecular complexity index is 734. The van der Waals surface area contributed by atoms with E-state index in [1.54, 1.807) is 12.5 Å².